The number of likely N-dealkylation sites (tertiary alicyclic amines) is 1. The normalized spacial score (nSPS) is 19.2. The molecule has 20 heavy (non-hydrogen) atoms. The Labute approximate surface area is 129 Å². The summed E-state index contributed by atoms with van der Waals surface area (Å²) in [4.78, 5) is 4.32. The van der Waals surface area contributed by atoms with Gasteiger partial charge in [-0.3, -0.25) is 0 Å². The third kappa shape index (κ3) is 4.87. The zero-order valence-electron chi connectivity index (χ0n) is 12.4. The van der Waals surface area contributed by atoms with E-state index < -0.39 is 0 Å². The summed E-state index contributed by atoms with van der Waals surface area (Å²) in [6.07, 6.45) is 2.21. The van der Waals surface area contributed by atoms with E-state index >= 15 is 0 Å². The number of aromatic nitrogens is 2. The molecule has 2 heterocycles. The number of thioether (sulfide) groups is 1. The van der Waals surface area contributed by atoms with E-state index in [1.54, 1.807) is 23.1 Å². The summed E-state index contributed by atoms with van der Waals surface area (Å²) < 4.78 is 0.931. The van der Waals surface area contributed by atoms with Gasteiger partial charge < -0.3 is 14.9 Å². The van der Waals surface area contributed by atoms with Crippen LogP contribution in [-0.4, -0.2) is 65.8 Å². The zero-order chi connectivity index (χ0) is 14.5. The summed E-state index contributed by atoms with van der Waals surface area (Å²) in [5.41, 5.74) is 0. The lowest BCUT2D eigenvalue weighted by molar-refractivity contribution is 0.105. The van der Waals surface area contributed by atoms with Crippen molar-refractivity contribution >= 4 is 28.2 Å². The number of aliphatic hydroxyl groups excluding tert-OH is 1. The maximum absolute atomic E-state index is 10.1. The van der Waals surface area contributed by atoms with E-state index in [1.807, 2.05) is 19.0 Å². The van der Waals surface area contributed by atoms with E-state index in [1.165, 1.54) is 12.8 Å². The van der Waals surface area contributed by atoms with Crippen LogP contribution in [0.15, 0.2) is 4.34 Å². The summed E-state index contributed by atoms with van der Waals surface area (Å²) in [5.74, 6) is 1.53. The van der Waals surface area contributed by atoms with Crippen molar-refractivity contribution in [3.63, 3.8) is 0 Å². The largest absolute Gasteiger partial charge is 0.391 e. The third-order valence-electron chi connectivity index (χ3n) is 3.52. The molecule has 5 nitrogen and oxygen atoms in total. The first kappa shape index (κ1) is 16.0. The Hall–Kier alpha value is -0.370. The van der Waals surface area contributed by atoms with Crippen LogP contribution in [0.5, 0.6) is 0 Å². The second kappa shape index (κ2) is 7.59. The molecule has 1 aliphatic rings. The van der Waals surface area contributed by atoms with Gasteiger partial charge in [0, 0.05) is 26.4 Å². The van der Waals surface area contributed by atoms with Gasteiger partial charge in [0.1, 0.15) is 0 Å². The molecule has 1 fully saturated rings. The van der Waals surface area contributed by atoms with Crippen molar-refractivity contribution in [1.29, 1.82) is 0 Å². The number of rotatable bonds is 6. The highest BCUT2D eigenvalue weighted by atomic mass is 32.2. The SMILES string of the molecule is CC1CCN(CC(O)CSc2nnc(N(C)C)s2)CC1. The fourth-order valence-corrected chi connectivity index (χ4v) is 3.91. The van der Waals surface area contributed by atoms with Crippen LogP contribution in [0.25, 0.3) is 0 Å². The van der Waals surface area contributed by atoms with E-state index in [0.717, 1.165) is 35.0 Å². The number of hydrogen-bond donors (Lipinski definition) is 1. The smallest absolute Gasteiger partial charge is 0.208 e. The molecular weight excluding hydrogens is 292 g/mol. The molecule has 7 heteroatoms. The number of β-amino-alcohol motifs (C(OH)–C–C–N with tert-alkyl or cyclic N) is 1. The fraction of sp³-hybridized carbons (Fsp3) is 0.846. The van der Waals surface area contributed by atoms with Crippen LogP contribution in [0, 0.1) is 5.92 Å². The second-order valence-corrected chi connectivity index (χ2v) is 7.92. The first-order valence-corrected chi connectivity index (χ1v) is 8.89. The number of aliphatic hydroxyl groups is 1. The minimum atomic E-state index is -0.292. The molecule has 0 amide bonds. The standard InChI is InChI=1S/C13H24N4OS2/c1-10-4-6-17(7-5-10)8-11(18)9-19-13-15-14-12(20-13)16(2)3/h10-11,18H,4-9H2,1-3H3. The molecule has 2 rings (SSSR count). The molecule has 1 N–H and O–H groups in total. The van der Waals surface area contributed by atoms with E-state index in [9.17, 15) is 5.11 Å². The quantitative estimate of drug-likeness (QED) is 0.808. The lowest BCUT2D eigenvalue weighted by Gasteiger charge is -2.31. The van der Waals surface area contributed by atoms with Crippen molar-refractivity contribution in [2.24, 2.45) is 5.92 Å². The van der Waals surface area contributed by atoms with Gasteiger partial charge in [-0.2, -0.15) is 0 Å². The molecule has 0 saturated carbocycles. The van der Waals surface area contributed by atoms with E-state index in [2.05, 4.69) is 22.0 Å². The second-order valence-electron chi connectivity index (χ2n) is 5.69. The number of piperidine rings is 1. The van der Waals surface area contributed by atoms with Gasteiger partial charge in [0.2, 0.25) is 5.13 Å². The van der Waals surface area contributed by atoms with Gasteiger partial charge in [-0.15, -0.1) is 10.2 Å². The van der Waals surface area contributed by atoms with Crippen LogP contribution in [-0.2, 0) is 0 Å². The molecule has 1 aromatic heterocycles. The predicted molar refractivity (Wildman–Crippen MR) is 85.8 cm³/mol. The van der Waals surface area contributed by atoms with Gasteiger partial charge in [0.25, 0.3) is 0 Å². The third-order valence-corrected chi connectivity index (χ3v) is 5.89. The molecular formula is C13H24N4OS2. The molecule has 0 aliphatic carbocycles. The molecule has 1 aromatic rings. The van der Waals surface area contributed by atoms with Crippen LogP contribution in [0.1, 0.15) is 19.8 Å². The molecule has 0 aromatic carbocycles. The highest BCUT2D eigenvalue weighted by Gasteiger charge is 2.18. The summed E-state index contributed by atoms with van der Waals surface area (Å²) in [6.45, 7) is 5.32. The number of anilines is 1. The maximum atomic E-state index is 10.1. The molecule has 0 radical (unpaired) electrons. The minimum absolute atomic E-state index is 0.292. The average Bonchev–Trinajstić information content (AvgIpc) is 2.88. The molecule has 1 unspecified atom stereocenters. The molecule has 1 atom stereocenters. The Morgan fingerprint density at radius 2 is 2.10 bits per heavy atom. The Bertz CT molecular complexity index is 405. The monoisotopic (exact) mass is 316 g/mol. The Balaban J connectivity index is 1.70. The van der Waals surface area contributed by atoms with Crippen molar-refractivity contribution < 1.29 is 5.11 Å². The maximum Gasteiger partial charge on any atom is 0.208 e. The molecule has 1 aliphatic heterocycles. The van der Waals surface area contributed by atoms with Gasteiger partial charge in [-0.1, -0.05) is 30.0 Å². The van der Waals surface area contributed by atoms with Gasteiger partial charge in [-0.25, -0.2) is 0 Å². The lowest BCUT2D eigenvalue weighted by atomic mass is 9.99. The van der Waals surface area contributed by atoms with Gasteiger partial charge >= 0.3 is 0 Å². The zero-order valence-corrected chi connectivity index (χ0v) is 14.1. The predicted octanol–water partition coefficient (Wildman–Crippen LogP) is 1.79. The molecule has 0 spiro atoms. The van der Waals surface area contributed by atoms with Crippen LogP contribution in [0.4, 0.5) is 5.13 Å². The highest BCUT2D eigenvalue weighted by molar-refractivity contribution is 8.01. The van der Waals surface area contributed by atoms with Crippen LogP contribution >= 0.6 is 23.1 Å². The summed E-state index contributed by atoms with van der Waals surface area (Å²) in [5, 5.41) is 19.3. The first-order valence-electron chi connectivity index (χ1n) is 7.08. The molecule has 0 bridgehead atoms. The van der Waals surface area contributed by atoms with Gasteiger partial charge in [-0.05, 0) is 31.8 Å². The van der Waals surface area contributed by atoms with Crippen LogP contribution < -0.4 is 4.90 Å². The fourth-order valence-electron chi connectivity index (χ4n) is 2.20. The summed E-state index contributed by atoms with van der Waals surface area (Å²) >= 11 is 3.17. The van der Waals surface area contributed by atoms with Crippen molar-refractivity contribution in [3.8, 4) is 0 Å². The first-order chi connectivity index (χ1) is 9.54. The highest BCUT2D eigenvalue weighted by Crippen LogP contribution is 2.27. The average molecular weight is 316 g/mol. The van der Waals surface area contributed by atoms with Crippen molar-refractivity contribution in [3.05, 3.63) is 0 Å². The van der Waals surface area contributed by atoms with Crippen LogP contribution in [0.2, 0.25) is 0 Å². The summed E-state index contributed by atoms with van der Waals surface area (Å²) in [6, 6.07) is 0. The van der Waals surface area contributed by atoms with Crippen LogP contribution in [0.3, 0.4) is 0 Å². The van der Waals surface area contributed by atoms with Gasteiger partial charge in [0.05, 0.1) is 6.10 Å². The lowest BCUT2D eigenvalue weighted by Crippen LogP contribution is -2.39. The van der Waals surface area contributed by atoms with E-state index in [0.29, 0.717) is 5.75 Å². The Morgan fingerprint density at radius 3 is 2.70 bits per heavy atom. The Kier molecular flexibility index (Phi) is 6.07. The van der Waals surface area contributed by atoms with Gasteiger partial charge in [0.15, 0.2) is 4.34 Å². The topological polar surface area (TPSA) is 52.5 Å². The van der Waals surface area contributed by atoms with E-state index in [4.69, 9.17) is 0 Å². The molecule has 1 saturated heterocycles. The Morgan fingerprint density at radius 1 is 1.40 bits per heavy atom. The van der Waals surface area contributed by atoms with E-state index in [-0.39, 0.29) is 6.10 Å². The summed E-state index contributed by atoms with van der Waals surface area (Å²) in [7, 11) is 3.92. The van der Waals surface area contributed by atoms with Crippen molar-refractivity contribution in [2.45, 2.75) is 30.2 Å². The number of hydrogen-bond acceptors (Lipinski definition) is 7. The van der Waals surface area contributed by atoms with Crippen molar-refractivity contribution in [1.82, 2.24) is 15.1 Å². The molecule has 114 valence electrons. The minimum Gasteiger partial charge on any atom is -0.391 e. The van der Waals surface area contributed by atoms with Crippen molar-refractivity contribution in [2.75, 3.05) is 44.4 Å². The number of nitrogens with zero attached hydrogens (tertiary/aromatic N) is 4.